The molecule has 0 aliphatic rings. The molecule has 0 radical (unpaired) electrons. The number of hydrogen-bond donors (Lipinski definition) is 3. The Morgan fingerprint density at radius 1 is 1.28 bits per heavy atom. The summed E-state index contributed by atoms with van der Waals surface area (Å²) in [6, 6.07) is 5.23. The molecule has 0 aliphatic heterocycles. The van der Waals surface area contributed by atoms with Gasteiger partial charge in [-0.15, -0.1) is 0 Å². The van der Waals surface area contributed by atoms with Crippen LogP contribution in [0.25, 0.3) is 0 Å². The van der Waals surface area contributed by atoms with Gasteiger partial charge in [-0.05, 0) is 38.1 Å². The summed E-state index contributed by atoms with van der Waals surface area (Å²) in [5.41, 5.74) is 6.01. The quantitative estimate of drug-likeness (QED) is 0.702. The second-order valence-corrected chi connectivity index (χ2v) is 5.20. The molecule has 132 valence electrons. The lowest BCUT2D eigenvalue weighted by Gasteiger charge is -2.15. The number of amides is 3. The van der Waals surface area contributed by atoms with Gasteiger partial charge in [0.1, 0.15) is 18.1 Å². The first-order chi connectivity index (χ1) is 11.9. The van der Waals surface area contributed by atoms with Crippen LogP contribution >= 0.6 is 0 Å². The summed E-state index contributed by atoms with van der Waals surface area (Å²) < 4.78 is 10.1. The highest BCUT2D eigenvalue weighted by Gasteiger charge is 2.19. The lowest BCUT2D eigenvalue weighted by atomic mass is 10.1. The highest BCUT2D eigenvalue weighted by molar-refractivity contribution is 6.05. The average Bonchev–Trinajstić information content (AvgIpc) is 3.10. The smallest absolute Gasteiger partial charge is 0.255 e. The Balaban J connectivity index is 2.08. The van der Waals surface area contributed by atoms with Crippen LogP contribution in [-0.2, 0) is 4.79 Å². The van der Waals surface area contributed by atoms with Crippen molar-refractivity contribution in [1.82, 2.24) is 5.32 Å². The molecular weight excluding hydrogens is 326 g/mol. The molecule has 0 saturated heterocycles. The number of primary amides is 1. The van der Waals surface area contributed by atoms with Crippen molar-refractivity contribution in [2.75, 3.05) is 11.9 Å². The lowest BCUT2D eigenvalue weighted by Crippen LogP contribution is -2.41. The third kappa shape index (κ3) is 4.60. The topological polar surface area (TPSA) is 124 Å². The van der Waals surface area contributed by atoms with Gasteiger partial charge in [-0.1, -0.05) is 0 Å². The van der Waals surface area contributed by atoms with Crippen LogP contribution in [0.4, 0.5) is 5.69 Å². The van der Waals surface area contributed by atoms with E-state index in [0.29, 0.717) is 17.9 Å². The molecule has 2 aromatic rings. The second kappa shape index (κ2) is 8.00. The van der Waals surface area contributed by atoms with E-state index in [9.17, 15) is 14.4 Å². The van der Waals surface area contributed by atoms with Gasteiger partial charge in [0.05, 0.1) is 29.7 Å². The first-order valence-corrected chi connectivity index (χ1v) is 7.63. The Labute approximate surface area is 144 Å². The van der Waals surface area contributed by atoms with Gasteiger partial charge >= 0.3 is 0 Å². The van der Waals surface area contributed by atoms with Crippen LogP contribution in [0.3, 0.4) is 0 Å². The summed E-state index contributed by atoms with van der Waals surface area (Å²) in [5.74, 6) is -1.18. The Kier molecular flexibility index (Phi) is 5.78. The zero-order valence-electron chi connectivity index (χ0n) is 13.9. The molecule has 3 amide bonds. The van der Waals surface area contributed by atoms with E-state index in [1.54, 1.807) is 6.07 Å². The first kappa shape index (κ1) is 18.1. The van der Waals surface area contributed by atoms with E-state index in [1.807, 2.05) is 6.92 Å². The standard InChI is InChI=1S/C17H19N3O5/c1-3-25-12-4-5-14(13(8-12)15(18)21)20-16(22)10(2)19-17(23)11-6-7-24-9-11/h4-10H,3H2,1-2H3,(H2,18,21)(H,19,23)(H,20,22)/t10-/m0/s1. The number of carbonyl (C=O) groups is 3. The first-order valence-electron chi connectivity index (χ1n) is 7.63. The maximum atomic E-state index is 12.3. The van der Waals surface area contributed by atoms with Gasteiger partial charge in [0.15, 0.2) is 0 Å². The molecule has 8 heteroatoms. The van der Waals surface area contributed by atoms with Gasteiger partial charge in [-0.3, -0.25) is 14.4 Å². The molecule has 8 nitrogen and oxygen atoms in total. The highest BCUT2D eigenvalue weighted by atomic mass is 16.5. The van der Waals surface area contributed by atoms with Crippen LogP contribution in [0.15, 0.2) is 41.2 Å². The van der Waals surface area contributed by atoms with Gasteiger partial charge < -0.3 is 25.5 Å². The molecule has 0 bridgehead atoms. The normalized spacial score (nSPS) is 11.4. The molecule has 4 N–H and O–H groups in total. The summed E-state index contributed by atoms with van der Waals surface area (Å²) in [4.78, 5) is 35.8. The fourth-order valence-corrected chi connectivity index (χ4v) is 2.07. The molecule has 0 saturated carbocycles. The third-order valence-electron chi connectivity index (χ3n) is 3.35. The molecule has 1 aromatic carbocycles. The Bertz CT molecular complexity index is 771. The number of nitrogens with one attached hydrogen (secondary N) is 2. The van der Waals surface area contributed by atoms with Crippen LogP contribution in [0, 0.1) is 0 Å². The van der Waals surface area contributed by atoms with Crippen LogP contribution in [0.1, 0.15) is 34.6 Å². The van der Waals surface area contributed by atoms with Crippen molar-refractivity contribution >= 4 is 23.4 Å². The minimum absolute atomic E-state index is 0.118. The third-order valence-corrected chi connectivity index (χ3v) is 3.35. The number of carbonyl (C=O) groups excluding carboxylic acids is 3. The monoisotopic (exact) mass is 345 g/mol. The molecule has 0 spiro atoms. The summed E-state index contributed by atoms with van der Waals surface area (Å²) in [6.07, 6.45) is 2.64. The van der Waals surface area contributed by atoms with Crippen molar-refractivity contribution in [1.29, 1.82) is 0 Å². The molecule has 0 aliphatic carbocycles. The Hall–Kier alpha value is -3.29. The van der Waals surface area contributed by atoms with Gasteiger partial charge in [0, 0.05) is 0 Å². The van der Waals surface area contributed by atoms with E-state index < -0.39 is 23.8 Å². The zero-order valence-corrected chi connectivity index (χ0v) is 13.9. The number of furan rings is 1. The predicted octanol–water partition coefficient (Wildman–Crippen LogP) is 1.53. The number of nitrogens with two attached hydrogens (primary N) is 1. The molecule has 25 heavy (non-hydrogen) atoms. The van der Waals surface area contributed by atoms with Gasteiger partial charge in [-0.2, -0.15) is 0 Å². The van der Waals surface area contributed by atoms with Crippen LogP contribution in [-0.4, -0.2) is 30.4 Å². The number of ether oxygens (including phenoxy) is 1. The number of hydrogen-bond acceptors (Lipinski definition) is 5. The van der Waals surface area contributed by atoms with Crippen LogP contribution < -0.4 is 21.1 Å². The fraction of sp³-hybridized carbons (Fsp3) is 0.235. The van der Waals surface area contributed by atoms with Gasteiger partial charge in [-0.25, -0.2) is 0 Å². The molecule has 0 fully saturated rings. The summed E-state index contributed by atoms with van der Waals surface area (Å²) in [6.45, 7) is 3.76. The maximum absolute atomic E-state index is 12.3. The maximum Gasteiger partial charge on any atom is 0.255 e. The van der Waals surface area contributed by atoms with E-state index in [0.717, 1.165) is 0 Å². The van der Waals surface area contributed by atoms with Crippen molar-refractivity contribution in [2.45, 2.75) is 19.9 Å². The van der Waals surface area contributed by atoms with E-state index in [1.165, 1.54) is 37.6 Å². The molecule has 2 rings (SSSR count). The molecule has 1 atom stereocenters. The number of rotatable bonds is 7. The number of benzene rings is 1. The van der Waals surface area contributed by atoms with Crippen LogP contribution in [0.2, 0.25) is 0 Å². The summed E-state index contributed by atoms with van der Waals surface area (Å²) in [5, 5.41) is 5.11. The molecule has 1 heterocycles. The van der Waals surface area contributed by atoms with E-state index in [4.69, 9.17) is 14.9 Å². The summed E-state index contributed by atoms with van der Waals surface area (Å²) in [7, 11) is 0. The number of anilines is 1. The molecular formula is C17H19N3O5. The van der Waals surface area contributed by atoms with E-state index in [-0.39, 0.29) is 11.3 Å². The van der Waals surface area contributed by atoms with Crippen molar-refractivity contribution in [3.05, 3.63) is 47.9 Å². The lowest BCUT2D eigenvalue weighted by molar-refractivity contribution is -0.117. The molecule has 0 unspecified atom stereocenters. The van der Waals surface area contributed by atoms with Gasteiger partial charge in [0.2, 0.25) is 5.91 Å². The summed E-state index contributed by atoms with van der Waals surface area (Å²) >= 11 is 0. The van der Waals surface area contributed by atoms with Crippen molar-refractivity contribution < 1.29 is 23.5 Å². The Morgan fingerprint density at radius 3 is 2.64 bits per heavy atom. The predicted molar refractivity (Wildman–Crippen MR) is 90.4 cm³/mol. The van der Waals surface area contributed by atoms with E-state index >= 15 is 0 Å². The molecule has 1 aromatic heterocycles. The average molecular weight is 345 g/mol. The second-order valence-electron chi connectivity index (χ2n) is 5.20. The zero-order chi connectivity index (χ0) is 18.4. The van der Waals surface area contributed by atoms with Crippen LogP contribution in [0.5, 0.6) is 5.75 Å². The fourth-order valence-electron chi connectivity index (χ4n) is 2.07. The van der Waals surface area contributed by atoms with Crippen molar-refractivity contribution in [3.63, 3.8) is 0 Å². The van der Waals surface area contributed by atoms with Gasteiger partial charge in [0.25, 0.3) is 11.8 Å². The van der Waals surface area contributed by atoms with Crippen molar-refractivity contribution in [3.8, 4) is 5.75 Å². The minimum atomic E-state index is -0.838. The minimum Gasteiger partial charge on any atom is -0.494 e. The largest absolute Gasteiger partial charge is 0.494 e. The Morgan fingerprint density at radius 2 is 2.04 bits per heavy atom. The van der Waals surface area contributed by atoms with Crippen molar-refractivity contribution in [2.24, 2.45) is 5.73 Å². The highest BCUT2D eigenvalue weighted by Crippen LogP contribution is 2.22. The SMILES string of the molecule is CCOc1ccc(NC(=O)[C@H](C)NC(=O)c2ccoc2)c(C(N)=O)c1. The van der Waals surface area contributed by atoms with E-state index in [2.05, 4.69) is 10.6 Å².